The lowest BCUT2D eigenvalue weighted by Crippen LogP contribution is -2.29. The molecule has 25 heavy (non-hydrogen) atoms. The van der Waals surface area contributed by atoms with Crippen LogP contribution in [0.25, 0.3) is 0 Å². The molecule has 1 N–H and O–H groups in total. The van der Waals surface area contributed by atoms with E-state index in [0.717, 1.165) is 6.42 Å². The highest BCUT2D eigenvalue weighted by Gasteiger charge is 2.28. The minimum absolute atomic E-state index is 0.114. The third-order valence-corrected chi connectivity index (χ3v) is 4.29. The molecule has 2 atom stereocenters. The first kappa shape index (κ1) is 19.4. The van der Waals surface area contributed by atoms with Crippen molar-refractivity contribution in [1.82, 2.24) is 9.55 Å². The van der Waals surface area contributed by atoms with Gasteiger partial charge in [0.15, 0.2) is 6.79 Å². The number of thioether (sulfide) groups is 1. The summed E-state index contributed by atoms with van der Waals surface area (Å²) in [7, 11) is 0. The Morgan fingerprint density at radius 2 is 2.32 bits per heavy atom. The molecule has 1 aliphatic heterocycles. The van der Waals surface area contributed by atoms with Gasteiger partial charge >= 0.3 is 11.7 Å². The first-order chi connectivity index (χ1) is 12.0. The van der Waals surface area contributed by atoms with Gasteiger partial charge in [-0.2, -0.15) is 4.98 Å². The topological polar surface area (TPSA) is 109 Å². The van der Waals surface area contributed by atoms with Crippen molar-refractivity contribution in [2.75, 3.05) is 24.5 Å². The summed E-state index contributed by atoms with van der Waals surface area (Å²) >= 11 is 1.49. The zero-order valence-electron chi connectivity index (χ0n) is 14.1. The molecular formula is C15H21N3O6S. The first-order valence-corrected chi connectivity index (χ1v) is 8.91. The molecule has 1 amide bonds. The summed E-state index contributed by atoms with van der Waals surface area (Å²) in [5.41, 5.74) is -0.774. The van der Waals surface area contributed by atoms with Crippen molar-refractivity contribution in [3.63, 3.8) is 0 Å². The summed E-state index contributed by atoms with van der Waals surface area (Å²) in [6.07, 6.45) is 2.16. The number of hydrogen-bond donors (Lipinski definition) is 1. The normalized spacial score (nSPS) is 19.6. The molecule has 0 bridgehead atoms. The number of ether oxygens (including phenoxy) is 3. The van der Waals surface area contributed by atoms with Crippen LogP contribution in [0.4, 0.5) is 5.82 Å². The fraction of sp³-hybridized carbons (Fsp3) is 0.600. The second-order valence-electron chi connectivity index (χ2n) is 5.29. The van der Waals surface area contributed by atoms with Gasteiger partial charge in [0.1, 0.15) is 17.5 Å². The Morgan fingerprint density at radius 1 is 1.52 bits per heavy atom. The van der Waals surface area contributed by atoms with Crippen LogP contribution in [-0.4, -0.2) is 46.0 Å². The van der Waals surface area contributed by atoms with Crippen LogP contribution in [0.15, 0.2) is 17.1 Å². The molecule has 138 valence electrons. The Balaban J connectivity index is 1.79. The molecule has 1 aromatic rings. The second-order valence-corrected chi connectivity index (χ2v) is 6.48. The van der Waals surface area contributed by atoms with Gasteiger partial charge in [-0.3, -0.25) is 14.2 Å². The van der Waals surface area contributed by atoms with Crippen LogP contribution in [0.1, 0.15) is 32.9 Å². The molecule has 1 saturated heterocycles. The van der Waals surface area contributed by atoms with Gasteiger partial charge in [0.2, 0.25) is 5.91 Å². The third kappa shape index (κ3) is 6.15. The van der Waals surface area contributed by atoms with E-state index in [1.807, 2.05) is 6.92 Å². The Kier molecular flexibility index (Phi) is 7.41. The monoisotopic (exact) mass is 371 g/mol. The summed E-state index contributed by atoms with van der Waals surface area (Å²) in [5, 5.41) is 2.45. The molecule has 0 radical (unpaired) electrons. The molecule has 9 nitrogen and oxygen atoms in total. The fourth-order valence-electron chi connectivity index (χ4n) is 2.09. The average molecular weight is 371 g/mol. The fourth-order valence-corrected chi connectivity index (χ4v) is 3.10. The molecule has 2 unspecified atom stereocenters. The minimum Gasteiger partial charge on any atom is -0.438 e. The highest BCUT2D eigenvalue weighted by Crippen LogP contribution is 2.31. The maximum absolute atomic E-state index is 12.0. The number of amides is 1. The third-order valence-electron chi connectivity index (χ3n) is 3.19. The van der Waals surface area contributed by atoms with Crippen LogP contribution in [0.3, 0.4) is 0 Å². The predicted molar refractivity (Wildman–Crippen MR) is 91.0 cm³/mol. The lowest BCUT2D eigenvalue weighted by molar-refractivity contribution is -0.158. The summed E-state index contributed by atoms with van der Waals surface area (Å²) in [6.45, 7) is 3.36. The molecule has 0 saturated carbocycles. The van der Waals surface area contributed by atoms with E-state index in [-0.39, 0.29) is 36.5 Å². The van der Waals surface area contributed by atoms with E-state index in [1.54, 1.807) is 0 Å². The lowest BCUT2D eigenvalue weighted by atomic mass is 10.3. The van der Waals surface area contributed by atoms with Crippen LogP contribution in [0, 0.1) is 0 Å². The number of carbonyl (C=O) groups excluding carboxylic acids is 2. The van der Waals surface area contributed by atoms with Gasteiger partial charge < -0.3 is 19.5 Å². The predicted octanol–water partition coefficient (Wildman–Crippen LogP) is 1.11. The molecule has 1 fully saturated rings. The molecule has 0 aromatic carbocycles. The van der Waals surface area contributed by atoms with E-state index >= 15 is 0 Å². The largest absolute Gasteiger partial charge is 0.438 e. The zero-order valence-corrected chi connectivity index (χ0v) is 14.9. The summed E-state index contributed by atoms with van der Waals surface area (Å²) in [4.78, 5) is 38.0. The molecule has 1 aliphatic rings. The van der Waals surface area contributed by atoms with Crippen molar-refractivity contribution in [2.45, 2.75) is 38.4 Å². The Labute approximate surface area is 149 Å². The molecule has 2 rings (SSSR count). The van der Waals surface area contributed by atoms with Crippen molar-refractivity contribution >= 4 is 29.5 Å². The van der Waals surface area contributed by atoms with Crippen molar-refractivity contribution < 1.29 is 23.8 Å². The van der Waals surface area contributed by atoms with E-state index in [4.69, 9.17) is 14.2 Å². The minimum atomic E-state index is -0.507. The Bertz CT molecular complexity index is 665. The van der Waals surface area contributed by atoms with Gasteiger partial charge in [-0.1, -0.05) is 6.92 Å². The standard InChI is InChI=1S/C15H21N3O6S/c1-3-4-13(20)23-9-22-7-14-24-12(8-25-14)18-6-5-11(16-10(2)19)17-15(18)21/h5-6,12,14H,3-4,7-9H2,1-2H3,(H,16,17,19,21). The van der Waals surface area contributed by atoms with E-state index < -0.39 is 11.9 Å². The van der Waals surface area contributed by atoms with Crippen LogP contribution >= 0.6 is 11.8 Å². The van der Waals surface area contributed by atoms with Crippen molar-refractivity contribution in [3.05, 3.63) is 22.7 Å². The maximum atomic E-state index is 12.0. The first-order valence-electron chi connectivity index (χ1n) is 7.86. The Morgan fingerprint density at radius 3 is 3.00 bits per heavy atom. The van der Waals surface area contributed by atoms with Crippen LogP contribution in [-0.2, 0) is 23.8 Å². The van der Waals surface area contributed by atoms with Crippen molar-refractivity contribution in [3.8, 4) is 0 Å². The number of nitrogens with one attached hydrogen (secondary N) is 1. The second kappa shape index (κ2) is 9.54. The Hall–Kier alpha value is -1.91. The highest BCUT2D eigenvalue weighted by atomic mass is 32.2. The number of anilines is 1. The maximum Gasteiger partial charge on any atom is 0.351 e. The van der Waals surface area contributed by atoms with Crippen LogP contribution in [0.5, 0.6) is 0 Å². The number of hydrogen-bond acceptors (Lipinski definition) is 8. The molecule has 1 aromatic heterocycles. The van der Waals surface area contributed by atoms with E-state index in [1.165, 1.54) is 35.5 Å². The molecule has 0 spiro atoms. The van der Waals surface area contributed by atoms with Gasteiger partial charge in [0.25, 0.3) is 0 Å². The molecular weight excluding hydrogens is 350 g/mol. The summed E-state index contributed by atoms with van der Waals surface area (Å²) < 4.78 is 17.3. The smallest absolute Gasteiger partial charge is 0.351 e. The lowest BCUT2D eigenvalue weighted by Gasteiger charge is -2.15. The van der Waals surface area contributed by atoms with E-state index in [0.29, 0.717) is 12.2 Å². The number of aromatic nitrogens is 2. The number of rotatable bonds is 8. The molecule has 0 aliphatic carbocycles. The highest BCUT2D eigenvalue weighted by molar-refractivity contribution is 8.00. The van der Waals surface area contributed by atoms with E-state index in [2.05, 4.69) is 10.3 Å². The molecule has 10 heteroatoms. The number of esters is 1. The van der Waals surface area contributed by atoms with Gasteiger partial charge in [-0.15, -0.1) is 11.8 Å². The van der Waals surface area contributed by atoms with Crippen LogP contribution < -0.4 is 11.0 Å². The van der Waals surface area contributed by atoms with Gasteiger partial charge in [0, 0.05) is 25.3 Å². The summed E-state index contributed by atoms with van der Waals surface area (Å²) in [5.74, 6) is 0.171. The van der Waals surface area contributed by atoms with Crippen molar-refractivity contribution in [1.29, 1.82) is 0 Å². The van der Waals surface area contributed by atoms with E-state index in [9.17, 15) is 14.4 Å². The number of nitrogens with zero attached hydrogens (tertiary/aromatic N) is 2. The average Bonchev–Trinajstić information content (AvgIpc) is 3.00. The van der Waals surface area contributed by atoms with Gasteiger partial charge in [0.05, 0.1) is 6.61 Å². The SMILES string of the molecule is CCCC(=O)OCOCC1OC(n2ccc(NC(C)=O)nc2=O)CS1. The quantitative estimate of drug-likeness (QED) is 0.411. The van der Waals surface area contributed by atoms with Crippen molar-refractivity contribution in [2.24, 2.45) is 0 Å². The number of carbonyl (C=O) groups is 2. The molecule has 2 heterocycles. The van der Waals surface area contributed by atoms with Gasteiger partial charge in [-0.25, -0.2) is 4.79 Å². The summed E-state index contributed by atoms with van der Waals surface area (Å²) in [6, 6.07) is 1.54. The van der Waals surface area contributed by atoms with Crippen LogP contribution in [0.2, 0.25) is 0 Å². The zero-order chi connectivity index (χ0) is 18.2. The van der Waals surface area contributed by atoms with Gasteiger partial charge in [-0.05, 0) is 12.5 Å².